The Hall–Kier alpha value is -2.02. The monoisotopic (exact) mass is 359 g/mol. The van der Waals surface area contributed by atoms with Crippen LogP contribution in [0.3, 0.4) is 0 Å². The molecule has 4 amide bonds. The van der Waals surface area contributed by atoms with Crippen LogP contribution in [-0.2, 0) is 9.59 Å². The van der Waals surface area contributed by atoms with E-state index in [1.807, 2.05) is 24.3 Å². The number of carbonyl (C=O) groups is 3. The lowest BCUT2D eigenvalue weighted by molar-refractivity contribution is -0.134. The van der Waals surface area contributed by atoms with Crippen LogP contribution >= 0.6 is 11.8 Å². The molecule has 3 aliphatic rings. The quantitative estimate of drug-likeness (QED) is 0.841. The Morgan fingerprint density at radius 2 is 2.08 bits per heavy atom. The van der Waals surface area contributed by atoms with Crippen molar-refractivity contribution >= 4 is 35.3 Å². The number of nitrogens with zero attached hydrogens (tertiary/aromatic N) is 2. The summed E-state index contributed by atoms with van der Waals surface area (Å²) in [7, 11) is 0. The zero-order valence-electron chi connectivity index (χ0n) is 14.2. The molecule has 6 nitrogen and oxygen atoms in total. The Kier molecular flexibility index (Phi) is 3.98. The van der Waals surface area contributed by atoms with Crippen molar-refractivity contribution in [2.75, 3.05) is 23.7 Å². The fraction of sp³-hybridized carbons (Fsp3) is 0.500. The number of carbonyl (C=O) groups excluding carboxylic acids is 3. The molecule has 0 bridgehead atoms. The highest BCUT2D eigenvalue weighted by atomic mass is 32.2. The summed E-state index contributed by atoms with van der Waals surface area (Å²) in [6.45, 7) is 2.17. The van der Waals surface area contributed by atoms with Crippen LogP contribution in [0.25, 0.3) is 0 Å². The van der Waals surface area contributed by atoms with Crippen molar-refractivity contribution in [3.05, 3.63) is 24.3 Å². The number of rotatable bonds is 3. The Labute approximate surface area is 150 Å². The molecule has 2 heterocycles. The molecule has 2 fully saturated rings. The molecule has 132 valence electrons. The molecule has 1 saturated heterocycles. The number of anilines is 1. The van der Waals surface area contributed by atoms with E-state index >= 15 is 0 Å². The summed E-state index contributed by atoms with van der Waals surface area (Å²) in [5.74, 6) is 0.660. The van der Waals surface area contributed by atoms with E-state index in [-0.39, 0.29) is 24.3 Å². The first kappa shape index (κ1) is 16.4. The van der Waals surface area contributed by atoms with Gasteiger partial charge in [-0.25, -0.2) is 4.79 Å². The molecule has 25 heavy (non-hydrogen) atoms. The van der Waals surface area contributed by atoms with E-state index in [2.05, 4.69) is 5.32 Å². The van der Waals surface area contributed by atoms with E-state index in [1.165, 1.54) is 0 Å². The van der Waals surface area contributed by atoms with Gasteiger partial charge in [0.15, 0.2) is 0 Å². The van der Waals surface area contributed by atoms with E-state index in [0.717, 1.165) is 40.5 Å². The number of nitrogens with one attached hydrogen (secondary N) is 1. The van der Waals surface area contributed by atoms with Crippen LogP contribution in [-0.4, -0.2) is 47.1 Å². The molecule has 1 saturated carbocycles. The first-order valence-electron chi connectivity index (χ1n) is 8.67. The van der Waals surface area contributed by atoms with Crippen LogP contribution in [0.5, 0.6) is 0 Å². The largest absolute Gasteiger partial charge is 0.325 e. The van der Waals surface area contributed by atoms with Crippen molar-refractivity contribution in [2.45, 2.75) is 36.6 Å². The van der Waals surface area contributed by atoms with Crippen LogP contribution in [0, 0.1) is 5.92 Å². The summed E-state index contributed by atoms with van der Waals surface area (Å²) in [6.07, 6.45) is 2.77. The summed E-state index contributed by atoms with van der Waals surface area (Å²) in [6, 6.07) is 7.33. The van der Waals surface area contributed by atoms with E-state index in [1.54, 1.807) is 23.6 Å². The molecule has 1 aromatic rings. The molecule has 0 radical (unpaired) electrons. The zero-order valence-corrected chi connectivity index (χ0v) is 15.0. The van der Waals surface area contributed by atoms with Gasteiger partial charge in [0.25, 0.3) is 5.91 Å². The predicted molar refractivity (Wildman–Crippen MR) is 95.5 cm³/mol. The standard InChI is InChI=1S/C18H21N3O3S/c1-18(12-7-8-12)16(23)21(17(24)19-18)11-15(22)20-9-4-10-25-14-6-3-2-5-13(14)20/h2-3,5-6,12H,4,7-11H2,1H3,(H,19,24)/t18-/m1/s1. The number of imide groups is 1. The number of thioether (sulfide) groups is 1. The predicted octanol–water partition coefficient (Wildman–Crippen LogP) is 2.24. The third-order valence-electron chi connectivity index (χ3n) is 5.23. The van der Waals surface area contributed by atoms with Gasteiger partial charge in [0, 0.05) is 11.4 Å². The molecule has 1 aliphatic carbocycles. The maximum atomic E-state index is 12.9. The zero-order chi connectivity index (χ0) is 17.6. The summed E-state index contributed by atoms with van der Waals surface area (Å²) in [5.41, 5.74) is 0.0243. The second-order valence-corrected chi connectivity index (χ2v) is 8.15. The van der Waals surface area contributed by atoms with Gasteiger partial charge < -0.3 is 10.2 Å². The minimum Gasteiger partial charge on any atom is -0.323 e. The maximum absolute atomic E-state index is 12.9. The Balaban J connectivity index is 1.54. The van der Waals surface area contributed by atoms with Crippen LogP contribution in [0.1, 0.15) is 26.2 Å². The van der Waals surface area contributed by atoms with Gasteiger partial charge in [0.1, 0.15) is 12.1 Å². The average Bonchev–Trinajstić information content (AvgIpc) is 3.42. The van der Waals surface area contributed by atoms with Gasteiger partial charge in [-0.15, -0.1) is 11.8 Å². The van der Waals surface area contributed by atoms with Gasteiger partial charge in [-0.2, -0.15) is 0 Å². The maximum Gasteiger partial charge on any atom is 0.325 e. The number of para-hydroxylation sites is 1. The van der Waals surface area contributed by atoms with E-state index < -0.39 is 11.6 Å². The first-order chi connectivity index (χ1) is 12.0. The third kappa shape index (κ3) is 2.80. The Bertz CT molecular complexity index is 749. The SMILES string of the molecule is C[C@]1(C2CC2)NC(=O)N(CC(=O)N2CCCSc3ccccc32)C1=O. The van der Waals surface area contributed by atoms with Crippen molar-refractivity contribution in [3.8, 4) is 0 Å². The van der Waals surface area contributed by atoms with Crippen LogP contribution in [0.2, 0.25) is 0 Å². The highest BCUT2D eigenvalue weighted by Crippen LogP contribution is 2.42. The molecular formula is C18H21N3O3S. The highest BCUT2D eigenvalue weighted by molar-refractivity contribution is 7.99. The van der Waals surface area contributed by atoms with Crippen LogP contribution in [0.4, 0.5) is 10.5 Å². The molecule has 0 spiro atoms. The van der Waals surface area contributed by atoms with Crippen molar-refractivity contribution in [3.63, 3.8) is 0 Å². The Morgan fingerprint density at radius 3 is 2.84 bits per heavy atom. The highest BCUT2D eigenvalue weighted by Gasteiger charge is 2.56. The molecule has 2 aliphatic heterocycles. The fourth-order valence-electron chi connectivity index (χ4n) is 3.60. The van der Waals surface area contributed by atoms with E-state index in [9.17, 15) is 14.4 Å². The van der Waals surface area contributed by atoms with E-state index in [0.29, 0.717) is 6.54 Å². The van der Waals surface area contributed by atoms with Gasteiger partial charge in [-0.1, -0.05) is 12.1 Å². The van der Waals surface area contributed by atoms with Crippen molar-refractivity contribution in [2.24, 2.45) is 5.92 Å². The van der Waals surface area contributed by atoms with Gasteiger partial charge in [0.05, 0.1) is 5.69 Å². The molecule has 1 aromatic carbocycles. The van der Waals surface area contributed by atoms with E-state index in [4.69, 9.17) is 0 Å². The van der Waals surface area contributed by atoms with Gasteiger partial charge in [0.2, 0.25) is 5.91 Å². The molecule has 1 N–H and O–H groups in total. The van der Waals surface area contributed by atoms with Gasteiger partial charge in [-0.3, -0.25) is 14.5 Å². The second-order valence-electron chi connectivity index (χ2n) is 7.01. The molecular weight excluding hydrogens is 338 g/mol. The van der Waals surface area contributed by atoms with Gasteiger partial charge in [-0.05, 0) is 50.0 Å². The number of benzene rings is 1. The minimum absolute atomic E-state index is 0.194. The number of urea groups is 1. The number of hydrogen-bond donors (Lipinski definition) is 1. The number of amides is 4. The molecule has 7 heteroatoms. The third-order valence-corrected chi connectivity index (χ3v) is 6.38. The number of hydrogen-bond acceptors (Lipinski definition) is 4. The summed E-state index contributed by atoms with van der Waals surface area (Å²) in [5, 5.41) is 2.79. The van der Waals surface area contributed by atoms with Crippen molar-refractivity contribution in [1.29, 1.82) is 0 Å². The molecule has 4 rings (SSSR count). The fourth-order valence-corrected chi connectivity index (χ4v) is 4.60. The van der Waals surface area contributed by atoms with Crippen molar-refractivity contribution in [1.82, 2.24) is 10.2 Å². The topological polar surface area (TPSA) is 69.7 Å². The molecule has 0 unspecified atom stereocenters. The van der Waals surface area contributed by atoms with Crippen LogP contribution in [0.15, 0.2) is 29.2 Å². The minimum atomic E-state index is -0.843. The summed E-state index contributed by atoms with van der Waals surface area (Å²) in [4.78, 5) is 41.8. The lowest BCUT2D eigenvalue weighted by Gasteiger charge is -2.25. The van der Waals surface area contributed by atoms with Gasteiger partial charge >= 0.3 is 6.03 Å². The normalized spacial score (nSPS) is 26.3. The lowest BCUT2D eigenvalue weighted by Crippen LogP contribution is -2.47. The molecule has 1 atom stereocenters. The lowest BCUT2D eigenvalue weighted by atomic mass is 9.96. The smallest absolute Gasteiger partial charge is 0.323 e. The second kappa shape index (κ2) is 6.05. The summed E-state index contributed by atoms with van der Waals surface area (Å²) >= 11 is 1.73. The summed E-state index contributed by atoms with van der Waals surface area (Å²) < 4.78 is 0. The van der Waals surface area contributed by atoms with Crippen LogP contribution < -0.4 is 10.2 Å². The average molecular weight is 359 g/mol. The number of fused-ring (bicyclic) bond motifs is 1. The first-order valence-corrected chi connectivity index (χ1v) is 9.65. The molecule has 0 aromatic heterocycles. The van der Waals surface area contributed by atoms with Crippen molar-refractivity contribution < 1.29 is 14.4 Å². The Morgan fingerprint density at radius 1 is 1.32 bits per heavy atom.